The minimum Gasteiger partial charge on any atom is -0.446 e. The molecule has 82 valence electrons. The Hall–Kier alpha value is -0.770. The van der Waals surface area contributed by atoms with Crippen molar-refractivity contribution in [2.24, 2.45) is 0 Å². The molecule has 1 unspecified atom stereocenters. The molecule has 1 heterocycles. The highest BCUT2D eigenvalue weighted by Crippen LogP contribution is 2.05. The molecular weight excluding hydrogens is 180 g/mol. The van der Waals surface area contributed by atoms with Gasteiger partial charge in [-0.2, -0.15) is 0 Å². The van der Waals surface area contributed by atoms with E-state index < -0.39 is 0 Å². The van der Waals surface area contributed by atoms with Crippen molar-refractivity contribution in [2.45, 2.75) is 26.4 Å². The van der Waals surface area contributed by atoms with Gasteiger partial charge in [0.15, 0.2) is 0 Å². The van der Waals surface area contributed by atoms with Crippen LogP contribution in [0.15, 0.2) is 0 Å². The van der Waals surface area contributed by atoms with Crippen LogP contribution < -0.4 is 0 Å². The first-order valence-electron chi connectivity index (χ1n) is 5.27. The van der Waals surface area contributed by atoms with Crippen LogP contribution in [-0.4, -0.2) is 55.2 Å². The molecule has 0 aliphatic carbocycles. The number of likely N-dealkylation sites (N-methyl/N-ethyl adjacent to an activating group) is 1. The van der Waals surface area contributed by atoms with Crippen molar-refractivity contribution in [3.8, 4) is 0 Å². The van der Waals surface area contributed by atoms with E-state index in [1.165, 1.54) is 0 Å². The second-order valence-electron chi connectivity index (χ2n) is 3.89. The lowest BCUT2D eigenvalue weighted by atomic mass is 10.3. The van der Waals surface area contributed by atoms with Gasteiger partial charge in [-0.25, -0.2) is 4.79 Å². The van der Waals surface area contributed by atoms with E-state index in [1.807, 2.05) is 13.8 Å². The van der Waals surface area contributed by atoms with E-state index >= 15 is 0 Å². The van der Waals surface area contributed by atoms with Gasteiger partial charge >= 0.3 is 6.09 Å². The number of nitrogens with zero attached hydrogens (tertiary/aromatic N) is 2. The fourth-order valence-corrected chi connectivity index (χ4v) is 1.32. The van der Waals surface area contributed by atoms with Gasteiger partial charge in [0, 0.05) is 26.2 Å². The van der Waals surface area contributed by atoms with Crippen LogP contribution in [0.4, 0.5) is 4.79 Å². The number of hydrogen-bond acceptors (Lipinski definition) is 3. The lowest BCUT2D eigenvalue weighted by molar-refractivity contribution is 0.0543. The van der Waals surface area contributed by atoms with Crippen molar-refractivity contribution in [1.82, 2.24) is 9.80 Å². The lowest BCUT2D eigenvalue weighted by Gasteiger charge is -2.32. The molecular formula is C10H20N2O2. The fourth-order valence-electron chi connectivity index (χ4n) is 1.32. The molecule has 1 aliphatic rings. The minimum absolute atomic E-state index is 0.0298. The summed E-state index contributed by atoms with van der Waals surface area (Å²) in [4.78, 5) is 15.6. The summed E-state index contributed by atoms with van der Waals surface area (Å²) in [7, 11) is 2.07. The molecule has 0 aromatic rings. The number of piperazine rings is 1. The zero-order chi connectivity index (χ0) is 10.6. The Kier molecular flexibility index (Phi) is 4.20. The van der Waals surface area contributed by atoms with Gasteiger partial charge < -0.3 is 14.5 Å². The highest BCUT2D eigenvalue weighted by molar-refractivity contribution is 5.67. The van der Waals surface area contributed by atoms with Crippen LogP contribution in [-0.2, 0) is 4.74 Å². The minimum atomic E-state index is -0.160. The quantitative estimate of drug-likeness (QED) is 0.670. The summed E-state index contributed by atoms with van der Waals surface area (Å²) in [5.74, 6) is 0. The molecule has 4 heteroatoms. The largest absolute Gasteiger partial charge is 0.446 e. The summed E-state index contributed by atoms with van der Waals surface area (Å²) in [6, 6.07) is 0. The number of carbonyl (C=O) groups excluding carboxylic acids is 1. The third-order valence-corrected chi connectivity index (χ3v) is 2.64. The highest BCUT2D eigenvalue weighted by Gasteiger charge is 2.21. The average molecular weight is 200 g/mol. The first-order valence-corrected chi connectivity index (χ1v) is 5.27. The Labute approximate surface area is 85.8 Å². The highest BCUT2D eigenvalue weighted by atomic mass is 16.6. The summed E-state index contributed by atoms with van der Waals surface area (Å²) in [5.41, 5.74) is 0. The van der Waals surface area contributed by atoms with Gasteiger partial charge in [0.05, 0.1) is 0 Å². The molecule has 0 saturated carbocycles. The topological polar surface area (TPSA) is 32.8 Å². The molecule has 1 saturated heterocycles. The van der Waals surface area contributed by atoms with Gasteiger partial charge in [-0.3, -0.25) is 0 Å². The number of rotatable bonds is 2. The first kappa shape index (κ1) is 11.3. The Morgan fingerprint density at radius 3 is 2.43 bits per heavy atom. The van der Waals surface area contributed by atoms with Gasteiger partial charge in [0.25, 0.3) is 0 Å². The van der Waals surface area contributed by atoms with E-state index in [9.17, 15) is 4.79 Å². The predicted octanol–water partition coefficient (Wildman–Crippen LogP) is 1.17. The lowest BCUT2D eigenvalue weighted by Crippen LogP contribution is -2.47. The van der Waals surface area contributed by atoms with Gasteiger partial charge in [0.2, 0.25) is 0 Å². The van der Waals surface area contributed by atoms with Gasteiger partial charge in [-0.15, -0.1) is 0 Å². The zero-order valence-electron chi connectivity index (χ0n) is 9.32. The molecule has 1 amide bonds. The number of ether oxygens (including phenoxy) is 1. The summed E-state index contributed by atoms with van der Waals surface area (Å²) in [5, 5.41) is 0. The molecule has 14 heavy (non-hydrogen) atoms. The van der Waals surface area contributed by atoms with Crippen molar-refractivity contribution < 1.29 is 9.53 Å². The Morgan fingerprint density at radius 2 is 1.93 bits per heavy atom. The maximum atomic E-state index is 11.6. The van der Waals surface area contributed by atoms with Crippen molar-refractivity contribution in [3.05, 3.63) is 0 Å². The van der Waals surface area contributed by atoms with E-state index in [-0.39, 0.29) is 12.2 Å². The normalized spacial score (nSPS) is 20.6. The summed E-state index contributed by atoms with van der Waals surface area (Å²) < 4.78 is 5.24. The molecule has 0 bridgehead atoms. The van der Waals surface area contributed by atoms with Crippen molar-refractivity contribution in [2.75, 3.05) is 33.2 Å². The molecule has 0 N–H and O–H groups in total. The van der Waals surface area contributed by atoms with E-state index in [4.69, 9.17) is 4.74 Å². The molecule has 4 nitrogen and oxygen atoms in total. The third-order valence-electron chi connectivity index (χ3n) is 2.64. The summed E-state index contributed by atoms with van der Waals surface area (Å²) >= 11 is 0. The average Bonchev–Trinajstić information content (AvgIpc) is 2.18. The molecule has 1 fully saturated rings. The van der Waals surface area contributed by atoms with Gasteiger partial charge in [-0.1, -0.05) is 6.92 Å². The van der Waals surface area contributed by atoms with Crippen LogP contribution in [0.3, 0.4) is 0 Å². The number of hydrogen-bond donors (Lipinski definition) is 0. The molecule has 0 radical (unpaired) electrons. The molecule has 1 atom stereocenters. The smallest absolute Gasteiger partial charge is 0.410 e. The maximum absolute atomic E-state index is 11.6. The Balaban J connectivity index is 2.30. The molecule has 1 aliphatic heterocycles. The fraction of sp³-hybridized carbons (Fsp3) is 0.900. The molecule has 0 aromatic carbocycles. The summed E-state index contributed by atoms with van der Waals surface area (Å²) in [6.45, 7) is 7.39. The Morgan fingerprint density at radius 1 is 1.36 bits per heavy atom. The molecule has 0 aromatic heterocycles. The van der Waals surface area contributed by atoms with Crippen LogP contribution in [0.2, 0.25) is 0 Å². The van der Waals surface area contributed by atoms with Gasteiger partial charge in [0.1, 0.15) is 6.10 Å². The van der Waals surface area contributed by atoms with Crippen molar-refractivity contribution in [1.29, 1.82) is 0 Å². The standard InChI is InChI=1S/C10H20N2O2/c1-4-9(2)14-10(13)12-7-5-11(3)6-8-12/h9H,4-8H2,1-3H3. The van der Waals surface area contributed by atoms with Crippen LogP contribution >= 0.6 is 0 Å². The van der Waals surface area contributed by atoms with Crippen LogP contribution in [0, 0.1) is 0 Å². The van der Waals surface area contributed by atoms with E-state index in [1.54, 1.807) is 4.90 Å². The number of amides is 1. The van der Waals surface area contributed by atoms with Gasteiger partial charge in [-0.05, 0) is 20.4 Å². The predicted molar refractivity (Wildman–Crippen MR) is 55.3 cm³/mol. The van der Waals surface area contributed by atoms with Crippen LogP contribution in [0.5, 0.6) is 0 Å². The maximum Gasteiger partial charge on any atom is 0.410 e. The van der Waals surface area contributed by atoms with E-state index in [2.05, 4.69) is 11.9 Å². The second-order valence-corrected chi connectivity index (χ2v) is 3.89. The van der Waals surface area contributed by atoms with Crippen molar-refractivity contribution >= 4 is 6.09 Å². The third kappa shape index (κ3) is 3.18. The SMILES string of the molecule is CCC(C)OC(=O)N1CCN(C)CC1. The molecule has 1 rings (SSSR count). The van der Waals surface area contributed by atoms with Crippen LogP contribution in [0.25, 0.3) is 0 Å². The monoisotopic (exact) mass is 200 g/mol. The van der Waals surface area contributed by atoms with Crippen LogP contribution in [0.1, 0.15) is 20.3 Å². The summed E-state index contributed by atoms with van der Waals surface area (Å²) in [6.07, 6.45) is 0.744. The zero-order valence-corrected chi connectivity index (χ0v) is 9.32. The second kappa shape index (κ2) is 5.20. The first-order chi connectivity index (χ1) is 6.63. The number of carbonyl (C=O) groups is 1. The van der Waals surface area contributed by atoms with E-state index in [0.717, 1.165) is 32.6 Å². The van der Waals surface area contributed by atoms with E-state index in [0.29, 0.717) is 0 Å². The Bertz CT molecular complexity index is 189. The van der Waals surface area contributed by atoms with Crippen molar-refractivity contribution in [3.63, 3.8) is 0 Å². The molecule has 0 spiro atoms.